The minimum absolute atomic E-state index is 0.161. The number of hydrogen-bond acceptors (Lipinski definition) is 2. The minimum Gasteiger partial charge on any atom is -0.507 e. The van der Waals surface area contributed by atoms with Crippen molar-refractivity contribution in [1.29, 1.82) is 0 Å². The first-order valence-corrected chi connectivity index (χ1v) is 7.76. The maximum atomic E-state index is 9.92. The minimum atomic E-state index is 0.161. The smallest absolute Gasteiger partial charge is 0.123 e. The van der Waals surface area contributed by atoms with Gasteiger partial charge < -0.3 is 10.2 Å². The molecule has 118 valence electrons. The van der Waals surface area contributed by atoms with Crippen molar-refractivity contribution in [2.75, 3.05) is 0 Å². The van der Waals surface area contributed by atoms with E-state index in [1.54, 1.807) is 18.2 Å². The first kappa shape index (κ1) is 19.3. The standard InChI is InChI=1S/C14H18O2.C3H6.C2H6/c1-9-4-3-5-11(6-9)14-12(15)7-10(2)8-13(14)16;1-3-2;1-2/h6-8,11,15-16H,3-5H2,1-2H3;3H,1H2,2H3;1-2H3/t11-;;/m0../s1. The van der Waals surface area contributed by atoms with Gasteiger partial charge in [0, 0.05) is 11.5 Å². The van der Waals surface area contributed by atoms with E-state index in [-0.39, 0.29) is 17.4 Å². The van der Waals surface area contributed by atoms with Gasteiger partial charge in [-0.2, -0.15) is 0 Å². The zero-order chi connectivity index (χ0) is 16.4. The summed E-state index contributed by atoms with van der Waals surface area (Å²) >= 11 is 0. The van der Waals surface area contributed by atoms with E-state index in [1.165, 1.54) is 5.57 Å². The van der Waals surface area contributed by atoms with Crippen LogP contribution in [0.4, 0.5) is 0 Å². The third-order valence-corrected chi connectivity index (χ3v) is 3.22. The number of hydrogen-bond donors (Lipinski definition) is 2. The average molecular weight is 290 g/mol. The lowest BCUT2D eigenvalue weighted by atomic mass is 9.85. The molecule has 21 heavy (non-hydrogen) atoms. The van der Waals surface area contributed by atoms with Gasteiger partial charge in [-0.3, -0.25) is 0 Å². The third kappa shape index (κ3) is 6.07. The number of phenols is 2. The number of phenolic OH excluding ortho intramolecular Hbond substituents is 2. The molecular weight excluding hydrogens is 260 g/mol. The van der Waals surface area contributed by atoms with Crippen molar-refractivity contribution in [2.24, 2.45) is 0 Å². The molecule has 0 aliphatic heterocycles. The van der Waals surface area contributed by atoms with E-state index in [0.29, 0.717) is 5.56 Å². The van der Waals surface area contributed by atoms with Crippen molar-refractivity contribution < 1.29 is 10.2 Å². The Bertz CT molecular complexity index is 449. The molecule has 0 bridgehead atoms. The van der Waals surface area contributed by atoms with Crippen LogP contribution in [-0.4, -0.2) is 10.2 Å². The van der Waals surface area contributed by atoms with E-state index in [0.717, 1.165) is 24.8 Å². The molecule has 0 spiro atoms. The zero-order valence-corrected chi connectivity index (χ0v) is 14.1. The summed E-state index contributed by atoms with van der Waals surface area (Å²) in [5, 5.41) is 19.8. The van der Waals surface area contributed by atoms with Gasteiger partial charge in [0.1, 0.15) is 11.5 Å². The maximum Gasteiger partial charge on any atom is 0.123 e. The van der Waals surface area contributed by atoms with Gasteiger partial charge in [-0.1, -0.05) is 31.6 Å². The highest BCUT2D eigenvalue weighted by Crippen LogP contribution is 2.41. The summed E-state index contributed by atoms with van der Waals surface area (Å²) in [6, 6.07) is 3.43. The Hall–Kier alpha value is -1.70. The molecule has 0 unspecified atom stereocenters. The molecular formula is C19H30O2. The lowest BCUT2D eigenvalue weighted by molar-refractivity contribution is 0.428. The Labute approximate surface area is 129 Å². The van der Waals surface area contributed by atoms with Gasteiger partial charge in [0.15, 0.2) is 0 Å². The maximum absolute atomic E-state index is 9.92. The van der Waals surface area contributed by atoms with Gasteiger partial charge in [-0.25, -0.2) is 0 Å². The van der Waals surface area contributed by atoms with E-state index in [4.69, 9.17) is 0 Å². The van der Waals surface area contributed by atoms with Crippen molar-refractivity contribution in [3.63, 3.8) is 0 Å². The molecule has 1 aliphatic rings. The zero-order valence-electron chi connectivity index (χ0n) is 14.1. The summed E-state index contributed by atoms with van der Waals surface area (Å²) in [6.45, 7) is 13.2. The van der Waals surface area contributed by atoms with Crippen molar-refractivity contribution in [3.05, 3.63) is 47.6 Å². The first-order valence-electron chi connectivity index (χ1n) is 7.76. The van der Waals surface area contributed by atoms with Crippen LogP contribution in [0, 0.1) is 6.92 Å². The van der Waals surface area contributed by atoms with E-state index >= 15 is 0 Å². The molecule has 2 rings (SSSR count). The molecule has 0 aromatic heterocycles. The molecule has 1 aromatic rings. The normalized spacial score (nSPS) is 16.6. The largest absolute Gasteiger partial charge is 0.507 e. The fourth-order valence-electron chi connectivity index (χ4n) is 2.48. The Balaban J connectivity index is 0.000000713. The van der Waals surface area contributed by atoms with Gasteiger partial charge in [0.05, 0.1) is 0 Å². The second kappa shape index (κ2) is 10.1. The summed E-state index contributed by atoms with van der Waals surface area (Å²) in [5.41, 5.74) is 2.91. The summed E-state index contributed by atoms with van der Waals surface area (Å²) in [6.07, 6.45) is 7.17. The van der Waals surface area contributed by atoms with E-state index in [1.807, 2.05) is 27.7 Å². The van der Waals surface area contributed by atoms with Gasteiger partial charge in [-0.05, 0) is 57.7 Å². The van der Waals surface area contributed by atoms with Crippen molar-refractivity contribution in [1.82, 2.24) is 0 Å². The quantitative estimate of drug-likeness (QED) is 0.638. The molecule has 1 aromatic carbocycles. The topological polar surface area (TPSA) is 40.5 Å². The third-order valence-electron chi connectivity index (χ3n) is 3.22. The van der Waals surface area contributed by atoms with Crippen LogP contribution in [0.1, 0.15) is 64.0 Å². The van der Waals surface area contributed by atoms with Crippen LogP contribution >= 0.6 is 0 Å². The summed E-state index contributed by atoms with van der Waals surface area (Å²) in [7, 11) is 0. The monoisotopic (exact) mass is 290 g/mol. The van der Waals surface area contributed by atoms with E-state index in [2.05, 4.69) is 19.6 Å². The Morgan fingerprint density at radius 1 is 1.14 bits per heavy atom. The number of rotatable bonds is 1. The van der Waals surface area contributed by atoms with Crippen molar-refractivity contribution in [3.8, 4) is 11.5 Å². The second-order valence-corrected chi connectivity index (χ2v) is 5.14. The molecule has 1 atom stereocenters. The molecule has 0 fully saturated rings. The SMILES string of the molecule is C=CC.CC.CC1=C[C@@H](c2c(O)cc(C)cc2O)CCC1. The highest BCUT2D eigenvalue weighted by atomic mass is 16.3. The number of aryl methyl sites for hydroxylation is 1. The highest BCUT2D eigenvalue weighted by molar-refractivity contribution is 5.50. The molecule has 2 heteroatoms. The lowest BCUT2D eigenvalue weighted by Gasteiger charge is -2.21. The lowest BCUT2D eigenvalue weighted by Crippen LogP contribution is -2.03. The Kier molecular flexibility index (Phi) is 9.27. The summed E-state index contributed by atoms with van der Waals surface area (Å²) < 4.78 is 0. The van der Waals surface area contributed by atoms with Crippen LogP contribution < -0.4 is 0 Å². The predicted octanol–water partition coefficient (Wildman–Crippen LogP) is 5.84. The first-order chi connectivity index (χ1) is 9.99. The number of allylic oxidation sites excluding steroid dienone is 3. The van der Waals surface area contributed by atoms with Gasteiger partial charge in [0.25, 0.3) is 0 Å². The molecule has 2 nitrogen and oxygen atoms in total. The fourth-order valence-corrected chi connectivity index (χ4v) is 2.48. The number of aromatic hydroxyl groups is 2. The molecule has 0 saturated heterocycles. The Morgan fingerprint density at radius 2 is 1.62 bits per heavy atom. The molecule has 0 amide bonds. The van der Waals surface area contributed by atoms with Crippen LogP contribution in [0.25, 0.3) is 0 Å². The van der Waals surface area contributed by atoms with Crippen LogP contribution in [0.3, 0.4) is 0 Å². The Morgan fingerprint density at radius 3 is 2.05 bits per heavy atom. The highest BCUT2D eigenvalue weighted by Gasteiger charge is 2.20. The molecule has 0 heterocycles. The summed E-state index contributed by atoms with van der Waals surface area (Å²) in [4.78, 5) is 0. The van der Waals surface area contributed by atoms with Crippen LogP contribution in [0.5, 0.6) is 11.5 Å². The molecule has 0 saturated carbocycles. The fraction of sp³-hybridized carbons (Fsp3) is 0.474. The molecule has 0 radical (unpaired) electrons. The van der Waals surface area contributed by atoms with Crippen LogP contribution in [0.2, 0.25) is 0 Å². The van der Waals surface area contributed by atoms with Gasteiger partial charge in [0.2, 0.25) is 0 Å². The second-order valence-electron chi connectivity index (χ2n) is 5.14. The molecule has 2 N–H and O–H groups in total. The van der Waals surface area contributed by atoms with E-state index < -0.39 is 0 Å². The van der Waals surface area contributed by atoms with Crippen LogP contribution in [0.15, 0.2) is 36.4 Å². The summed E-state index contributed by atoms with van der Waals surface area (Å²) in [5.74, 6) is 0.594. The molecule has 1 aliphatic carbocycles. The van der Waals surface area contributed by atoms with Crippen molar-refractivity contribution in [2.45, 2.75) is 59.8 Å². The van der Waals surface area contributed by atoms with Crippen molar-refractivity contribution >= 4 is 0 Å². The van der Waals surface area contributed by atoms with Gasteiger partial charge >= 0.3 is 0 Å². The van der Waals surface area contributed by atoms with Crippen LogP contribution in [-0.2, 0) is 0 Å². The predicted molar refractivity (Wildman–Crippen MR) is 92.1 cm³/mol. The van der Waals surface area contributed by atoms with E-state index in [9.17, 15) is 10.2 Å². The number of benzene rings is 1. The average Bonchev–Trinajstić information content (AvgIpc) is 2.41. The van der Waals surface area contributed by atoms with Gasteiger partial charge in [-0.15, -0.1) is 6.58 Å².